The lowest BCUT2D eigenvalue weighted by Gasteiger charge is -2.37. The summed E-state index contributed by atoms with van der Waals surface area (Å²) in [5.74, 6) is -1.17. The number of non-ortho nitro benzene ring substituents is 1. The van der Waals surface area contributed by atoms with Gasteiger partial charge in [-0.05, 0) is 18.4 Å². The second-order valence-electron chi connectivity index (χ2n) is 5.92. The first-order valence-electron chi connectivity index (χ1n) is 6.30. The molecule has 0 bridgehead atoms. The van der Waals surface area contributed by atoms with E-state index in [1.165, 1.54) is 12.1 Å². The predicted octanol–water partition coefficient (Wildman–Crippen LogP) is 3.16. The summed E-state index contributed by atoms with van der Waals surface area (Å²) in [7, 11) is 1.80. The van der Waals surface area contributed by atoms with E-state index in [-0.39, 0.29) is 22.7 Å². The van der Waals surface area contributed by atoms with E-state index in [9.17, 15) is 20.0 Å². The topological polar surface area (TPSA) is 83.7 Å². The maximum absolute atomic E-state index is 11.3. The maximum Gasteiger partial charge on any atom is 0.338 e. The number of carboxylic acid groups (broad SMARTS) is 1. The Kier molecular flexibility index (Phi) is 4.37. The van der Waals surface area contributed by atoms with Gasteiger partial charge in [0.25, 0.3) is 5.69 Å². The molecule has 20 heavy (non-hydrogen) atoms. The fourth-order valence-corrected chi connectivity index (χ4v) is 1.91. The van der Waals surface area contributed by atoms with Gasteiger partial charge in [0, 0.05) is 25.2 Å². The van der Waals surface area contributed by atoms with E-state index >= 15 is 0 Å². The van der Waals surface area contributed by atoms with Crippen molar-refractivity contribution in [3.63, 3.8) is 0 Å². The van der Waals surface area contributed by atoms with Crippen LogP contribution in [0.5, 0.6) is 0 Å². The molecule has 0 aliphatic rings. The lowest BCUT2D eigenvalue weighted by atomic mass is 9.86. The van der Waals surface area contributed by atoms with Crippen LogP contribution in [0.1, 0.15) is 38.1 Å². The Labute approximate surface area is 118 Å². The van der Waals surface area contributed by atoms with Gasteiger partial charge in [-0.1, -0.05) is 20.8 Å². The average molecular weight is 280 g/mol. The van der Waals surface area contributed by atoms with Gasteiger partial charge in [0.1, 0.15) is 0 Å². The molecule has 0 heterocycles. The Hall–Kier alpha value is -2.11. The molecule has 1 aromatic carbocycles. The zero-order valence-electron chi connectivity index (χ0n) is 12.4. The third-order valence-electron chi connectivity index (χ3n) is 3.64. The number of nitrogens with zero attached hydrogens (tertiary/aromatic N) is 2. The van der Waals surface area contributed by atoms with Crippen molar-refractivity contribution in [3.8, 4) is 0 Å². The van der Waals surface area contributed by atoms with Crippen molar-refractivity contribution < 1.29 is 14.8 Å². The van der Waals surface area contributed by atoms with Crippen molar-refractivity contribution in [2.75, 3.05) is 11.9 Å². The van der Waals surface area contributed by atoms with Gasteiger partial charge in [0.2, 0.25) is 0 Å². The zero-order chi connectivity index (χ0) is 15.7. The molecule has 1 N–H and O–H groups in total. The van der Waals surface area contributed by atoms with Crippen LogP contribution >= 0.6 is 0 Å². The van der Waals surface area contributed by atoms with Crippen molar-refractivity contribution >= 4 is 17.3 Å². The first-order valence-corrected chi connectivity index (χ1v) is 6.30. The van der Waals surface area contributed by atoms with Crippen LogP contribution in [0, 0.1) is 15.5 Å². The van der Waals surface area contributed by atoms with Crippen molar-refractivity contribution in [3.05, 3.63) is 33.9 Å². The van der Waals surface area contributed by atoms with E-state index < -0.39 is 10.9 Å². The largest absolute Gasteiger partial charge is 0.478 e. The van der Waals surface area contributed by atoms with Gasteiger partial charge in [0.15, 0.2) is 0 Å². The molecule has 6 nitrogen and oxygen atoms in total. The van der Waals surface area contributed by atoms with Crippen LogP contribution in [0.2, 0.25) is 0 Å². The predicted molar refractivity (Wildman–Crippen MR) is 77.4 cm³/mol. The number of rotatable bonds is 4. The Balaban J connectivity index is 3.31. The number of anilines is 1. The molecule has 1 unspecified atom stereocenters. The van der Waals surface area contributed by atoms with E-state index in [0.29, 0.717) is 5.69 Å². The minimum absolute atomic E-state index is 0.0493. The monoisotopic (exact) mass is 280 g/mol. The summed E-state index contributed by atoms with van der Waals surface area (Å²) in [5, 5.41) is 20.0. The van der Waals surface area contributed by atoms with Gasteiger partial charge < -0.3 is 10.0 Å². The fraction of sp³-hybridized carbons (Fsp3) is 0.500. The van der Waals surface area contributed by atoms with E-state index in [1.807, 2.05) is 11.8 Å². The lowest BCUT2D eigenvalue weighted by molar-refractivity contribution is -0.384. The summed E-state index contributed by atoms with van der Waals surface area (Å²) >= 11 is 0. The summed E-state index contributed by atoms with van der Waals surface area (Å²) in [4.78, 5) is 23.3. The van der Waals surface area contributed by atoms with Crippen molar-refractivity contribution in [1.29, 1.82) is 0 Å². The van der Waals surface area contributed by atoms with Gasteiger partial charge in [-0.25, -0.2) is 4.79 Å². The Morgan fingerprint density at radius 2 is 1.95 bits per heavy atom. The second-order valence-corrected chi connectivity index (χ2v) is 5.92. The van der Waals surface area contributed by atoms with E-state index in [4.69, 9.17) is 0 Å². The van der Waals surface area contributed by atoms with E-state index in [0.717, 1.165) is 6.07 Å². The third kappa shape index (κ3) is 3.26. The van der Waals surface area contributed by atoms with Crippen LogP contribution in [-0.2, 0) is 0 Å². The number of benzene rings is 1. The smallest absolute Gasteiger partial charge is 0.338 e. The van der Waals surface area contributed by atoms with Gasteiger partial charge in [-0.3, -0.25) is 10.1 Å². The second kappa shape index (κ2) is 5.48. The summed E-state index contributed by atoms with van der Waals surface area (Å²) in [6.07, 6.45) is 0. The quantitative estimate of drug-likeness (QED) is 0.676. The zero-order valence-corrected chi connectivity index (χ0v) is 12.4. The molecule has 0 aromatic heterocycles. The SMILES string of the molecule is CC(N(C)c1ccc([N+](=O)[O-])cc1C(=O)O)C(C)(C)C. The first kappa shape index (κ1) is 15.9. The number of carbonyl (C=O) groups is 1. The molecule has 0 aliphatic carbocycles. The highest BCUT2D eigenvalue weighted by molar-refractivity contribution is 5.95. The van der Waals surface area contributed by atoms with Crippen LogP contribution in [-0.4, -0.2) is 29.1 Å². The number of aromatic carboxylic acids is 1. The highest BCUT2D eigenvalue weighted by Gasteiger charge is 2.27. The van der Waals surface area contributed by atoms with Crippen LogP contribution in [0.25, 0.3) is 0 Å². The van der Waals surface area contributed by atoms with Crippen LogP contribution in [0.15, 0.2) is 18.2 Å². The average Bonchev–Trinajstić information content (AvgIpc) is 2.34. The van der Waals surface area contributed by atoms with Crippen molar-refractivity contribution in [2.24, 2.45) is 5.41 Å². The molecule has 1 aromatic rings. The highest BCUT2D eigenvalue weighted by atomic mass is 16.6. The van der Waals surface area contributed by atoms with Crippen molar-refractivity contribution in [1.82, 2.24) is 0 Å². The minimum Gasteiger partial charge on any atom is -0.478 e. The molecule has 6 heteroatoms. The number of nitro groups is 1. The lowest BCUT2D eigenvalue weighted by Crippen LogP contribution is -2.40. The maximum atomic E-state index is 11.3. The van der Waals surface area contributed by atoms with E-state index in [2.05, 4.69) is 20.8 Å². The highest BCUT2D eigenvalue weighted by Crippen LogP contribution is 2.31. The number of carboxylic acids is 1. The molecule has 110 valence electrons. The molecule has 0 saturated heterocycles. The normalized spacial score (nSPS) is 12.8. The molecule has 0 fully saturated rings. The molecule has 0 aliphatic heterocycles. The summed E-state index contributed by atoms with van der Waals surface area (Å²) in [6, 6.07) is 3.99. The Morgan fingerprint density at radius 3 is 2.35 bits per heavy atom. The fourth-order valence-electron chi connectivity index (χ4n) is 1.91. The molecule has 1 atom stereocenters. The summed E-state index contributed by atoms with van der Waals surface area (Å²) in [5.41, 5.74) is 0.151. The number of hydrogen-bond donors (Lipinski definition) is 1. The Bertz CT molecular complexity index is 534. The number of nitro benzene ring substituents is 1. The van der Waals surface area contributed by atoms with Gasteiger partial charge in [0.05, 0.1) is 16.2 Å². The van der Waals surface area contributed by atoms with Gasteiger partial charge >= 0.3 is 5.97 Å². The molecular weight excluding hydrogens is 260 g/mol. The van der Waals surface area contributed by atoms with Crippen LogP contribution < -0.4 is 4.90 Å². The Morgan fingerprint density at radius 1 is 1.40 bits per heavy atom. The van der Waals surface area contributed by atoms with Gasteiger partial charge in [-0.15, -0.1) is 0 Å². The molecule has 0 saturated carbocycles. The molecular formula is C14H20N2O4. The minimum atomic E-state index is -1.17. The summed E-state index contributed by atoms with van der Waals surface area (Å²) < 4.78 is 0. The molecule has 1 rings (SSSR count). The van der Waals surface area contributed by atoms with E-state index in [1.54, 1.807) is 7.05 Å². The number of hydrogen-bond acceptors (Lipinski definition) is 4. The van der Waals surface area contributed by atoms with Crippen molar-refractivity contribution in [2.45, 2.75) is 33.7 Å². The third-order valence-corrected chi connectivity index (χ3v) is 3.64. The van der Waals surface area contributed by atoms with Crippen LogP contribution in [0.3, 0.4) is 0 Å². The first-order chi connectivity index (χ1) is 9.05. The molecule has 0 spiro atoms. The van der Waals surface area contributed by atoms with Gasteiger partial charge in [-0.2, -0.15) is 0 Å². The summed E-state index contributed by atoms with van der Waals surface area (Å²) in [6.45, 7) is 8.16. The molecule has 0 amide bonds. The standard InChI is InChI=1S/C14H20N2O4/c1-9(14(2,3)4)15(5)12-7-6-10(16(19)20)8-11(12)13(17)18/h6-9H,1-5H3,(H,17,18). The van der Waals surface area contributed by atoms with Crippen LogP contribution in [0.4, 0.5) is 11.4 Å². The molecule has 0 radical (unpaired) electrons.